The molecule has 0 saturated heterocycles. The second-order valence-electron chi connectivity index (χ2n) is 6.73. The van der Waals surface area contributed by atoms with E-state index in [2.05, 4.69) is 18.0 Å². The Morgan fingerprint density at radius 3 is 2.46 bits per heavy atom. The van der Waals surface area contributed by atoms with Crippen LogP contribution in [0.4, 0.5) is 0 Å². The van der Waals surface area contributed by atoms with Crippen molar-refractivity contribution in [1.82, 2.24) is 9.47 Å². The topological polar surface area (TPSA) is 62.5 Å². The van der Waals surface area contributed by atoms with Crippen LogP contribution in [-0.4, -0.2) is 46.5 Å². The summed E-state index contributed by atoms with van der Waals surface area (Å²) in [5, 5.41) is 10.1. The molecule has 132 valence electrons. The summed E-state index contributed by atoms with van der Waals surface area (Å²) in [6.07, 6.45) is 0.827. The summed E-state index contributed by atoms with van der Waals surface area (Å²) in [7, 11) is 2.09. The molecule has 0 bridgehead atoms. The third kappa shape index (κ3) is 2.66. The number of carbonyl (C=O) groups excluding carboxylic acids is 2. The molecule has 1 aromatic heterocycles. The minimum atomic E-state index is -0.531. The number of para-hydroxylation sites is 1. The van der Waals surface area contributed by atoms with Crippen molar-refractivity contribution in [2.24, 2.45) is 0 Å². The Kier molecular flexibility index (Phi) is 4.18. The molecular weight excluding hydrogens is 328 g/mol. The Hall–Kier alpha value is -2.76. The Balaban J connectivity index is 1.81. The maximum Gasteiger partial charge on any atom is 0.262 e. The number of aliphatic hydroxyl groups is 1. The van der Waals surface area contributed by atoms with Crippen molar-refractivity contribution in [2.45, 2.75) is 13.0 Å². The first-order valence-corrected chi connectivity index (χ1v) is 8.68. The van der Waals surface area contributed by atoms with Crippen LogP contribution in [0.3, 0.4) is 0 Å². The molecule has 0 spiro atoms. The van der Waals surface area contributed by atoms with Gasteiger partial charge in [0.25, 0.3) is 5.91 Å². The summed E-state index contributed by atoms with van der Waals surface area (Å²) >= 11 is 0. The molecule has 0 fully saturated rings. The summed E-state index contributed by atoms with van der Waals surface area (Å²) in [5.41, 5.74) is 4.15. The van der Waals surface area contributed by atoms with E-state index in [4.69, 9.17) is 5.11 Å². The summed E-state index contributed by atoms with van der Waals surface area (Å²) in [5.74, 6) is -0.439. The van der Waals surface area contributed by atoms with Gasteiger partial charge in [-0.2, -0.15) is 0 Å². The van der Waals surface area contributed by atoms with Crippen molar-refractivity contribution in [3.8, 4) is 0 Å². The standard InChI is InChI=1S/C21H20N2O3/c1-22-11-10-19-17(12-22)16-4-2-3-5-18(16)23(19)21(26)15-8-6-14(7-9-15)20(25)13-24/h2-9,24H,10-13H2,1H3. The SMILES string of the molecule is CN1CCc2c(c3ccccc3n2C(=O)c2ccc(C(=O)CO)cc2)C1. The fourth-order valence-corrected chi connectivity index (χ4v) is 3.70. The molecule has 1 aliphatic heterocycles. The number of likely N-dealkylation sites (N-methyl/N-ethyl adjacent to an activating group) is 1. The van der Waals surface area contributed by atoms with Crippen molar-refractivity contribution < 1.29 is 14.7 Å². The number of fused-ring (bicyclic) bond motifs is 3. The number of hydrogen-bond acceptors (Lipinski definition) is 4. The predicted molar refractivity (Wildman–Crippen MR) is 99.6 cm³/mol. The first kappa shape index (κ1) is 16.7. The van der Waals surface area contributed by atoms with Crippen molar-refractivity contribution in [3.05, 3.63) is 70.9 Å². The monoisotopic (exact) mass is 348 g/mol. The molecule has 0 atom stereocenters. The summed E-state index contributed by atoms with van der Waals surface area (Å²) in [6.45, 7) is 1.22. The van der Waals surface area contributed by atoms with Crippen LogP contribution in [0.1, 0.15) is 32.0 Å². The highest BCUT2D eigenvalue weighted by atomic mass is 16.3. The molecule has 0 aliphatic carbocycles. The van der Waals surface area contributed by atoms with Gasteiger partial charge >= 0.3 is 0 Å². The molecule has 0 amide bonds. The van der Waals surface area contributed by atoms with E-state index in [-0.39, 0.29) is 11.7 Å². The largest absolute Gasteiger partial charge is 0.388 e. The smallest absolute Gasteiger partial charge is 0.262 e. The zero-order valence-corrected chi connectivity index (χ0v) is 14.6. The van der Waals surface area contributed by atoms with Crippen molar-refractivity contribution in [3.63, 3.8) is 0 Å². The number of nitrogens with zero attached hydrogens (tertiary/aromatic N) is 2. The minimum absolute atomic E-state index is 0.0880. The number of carbonyl (C=O) groups is 2. The zero-order chi connectivity index (χ0) is 18.3. The fourth-order valence-electron chi connectivity index (χ4n) is 3.70. The van der Waals surface area contributed by atoms with E-state index >= 15 is 0 Å². The van der Waals surface area contributed by atoms with Crippen LogP contribution in [0.25, 0.3) is 10.9 Å². The number of benzene rings is 2. The molecule has 4 rings (SSSR count). The summed E-state index contributed by atoms with van der Waals surface area (Å²) in [4.78, 5) is 27.1. The van der Waals surface area contributed by atoms with Gasteiger partial charge in [-0.05, 0) is 30.8 Å². The van der Waals surface area contributed by atoms with E-state index in [1.54, 1.807) is 24.3 Å². The number of rotatable bonds is 3. The summed E-state index contributed by atoms with van der Waals surface area (Å²) in [6, 6.07) is 14.5. The van der Waals surface area contributed by atoms with Crippen molar-refractivity contribution >= 4 is 22.6 Å². The quantitative estimate of drug-likeness (QED) is 0.739. The van der Waals surface area contributed by atoms with E-state index in [0.717, 1.165) is 36.1 Å². The molecule has 1 aliphatic rings. The van der Waals surface area contributed by atoms with Gasteiger partial charge in [0.1, 0.15) is 6.61 Å². The van der Waals surface area contributed by atoms with Gasteiger partial charge in [-0.3, -0.25) is 14.2 Å². The Bertz CT molecular complexity index is 1000. The van der Waals surface area contributed by atoms with Gasteiger partial charge in [-0.1, -0.05) is 30.3 Å². The average Bonchev–Trinajstić information content (AvgIpc) is 3.00. The maximum absolute atomic E-state index is 13.2. The Morgan fingerprint density at radius 2 is 1.73 bits per heavy atom. The van der Waals surface area contributed by atoms with E-state index in [1.165, 1.54) is 5.56 Å². The van der Waals surface area contributed by atoms with Gasteiger partial charge < -0.3 is 10.0 Å². The van der Waals surface area contributed by atoms with Crippen LogP contribution in [0, 0.1) is 0 Å². The van der Waals surface area contributed by atoms with Gasteiger partial charge in [0.15, 0.2) is 5.78 Å². The molecule has 2 heterocycles. The molecule has 0 radical (unpaired) electrons. The van der Waals surface area contributed by atoms with E-state index in [9.17, 15) is 9.59 Å². The maximum atomic E-state index is 13.2. The normalized spacial score (nSPS) is 14.4. The average molecular weight is 348 g/mol. The van der Waals surface area contributed by atoms with Crippen LogP contribution in [0.15, 0.2) is 48.5 Å². The molecule has 2 aromatic carbocycles. The lowest BCUT2D eigenvalue weighted by molar-refractivity contribution is 0.0902. The van der Waals surface area contributed by atoms with Gasteiger partial charge in [0, 0.05) is 41.7 Å². The highest BCUT2D eigenvalue weighted by Gasteiger charge is 2.25. The molecule has 26 heavy (non-hydrogen) atoms. The van der Waals surface area contributed by atoms with E-state index < -0.39 is 6.61 Å². The third-order valence-corrected chi connectivity index (χ3v) is 5.05. The third-order valence-electron chi connectivity index (χ3n) is 5.05. The molecule has 0 saturated carbocycles. The highest BCUT2D eigenvalue weighted by Crippen LogP contribution is 2.31. The minimum Gasteiger partial charge on any atom is -0.388 e. The van der Waals surface area contributed by atoms with Gasteiger partial charge in [0.05, 0.1) is 5.52 Å². The van der Waals surface area contributed by atoms with Crippen LogP contribution in [0.2, 0.25) is 0 Å². The van der Waals surface area contributed by atoms with Crippen LogP contribution < -0.4 is 0 Å². The molecular formula is C21H20N2O3. The first-order valence-electron chi connectivity index (χ1n) is 8.68. The van der Waals surface area contributed by atoms with Gasteiger partial charge in [-0.25, -0.2) is 0 Å². The Labute approximate surface area is 151 Å². The van der Waals surface area contributed by atoms with E-state index in [0.29, 0.717) is 11.1 Å². The molecule has 5 nitrogen and oxygen atoms in total. The molecule has 5 heteroatoms. The first-order chi connectivity index (χ1) is 12.6. The Morgan fingerprint density at radius 1 is 1.04 bits per heavy atom. The molecule has 1 N–H and O–H groups in total. The van der Waals surface area contributed by atoms with Crippen molar-refractivity contribution in [2.75, 3.05) is 20.2 Å². The van der Waals surface area contributed by atoms with Crippen LogP contribution >= 0.6 is 0 Å². The molecule has 3 aromatic rings. The lowest BCUT2D eigenvalue weighted by Crippen LogP contribution is -2.28. The zero-order valence-electron chi connectivity index (χ0n) is 14.6. The number of hydrogen-bond donors (Lipinski definition) is 1. The van der Waals surface area contributed by atoms with E-state index in [1.807, 2.05) is 22.8 Å². The van der Waals surface area contributed by atoms with Gasteiger partial charge in [0.2, 0.25) is 0 Å². The summed E-state index contributed by atoms with van der Waals surface area (Å²) < 4.78 is 1.82. The van der Waals surface area contributed by atoms with Gasteiger partial charge in [-0.15, -0.1) is 0 Å². The predicted octanol–water partition coefficient (Wildman–Crippen LogP) is 2.49. The lowest BCUT2D eigenvalue weighted by atomic mass is 10.0. The fraction of sp³-hybridized carbons (Fsp3) is 0.238. The van der Waals surface area contributed by atoms with Crippen LogP contribution in [-0.2, 0) is 13.0 Å². The number of ketones is 1. The number of aromatic nitrogens is 1. The highest BCUT2D eigenvalue weighted by molar-refractivity contribution is 6.05. The van der Waals surface area contributed by atoms with Crippen LogP contribution in [0.5, 0.6) is 0 Å². The van der Waals surface area contributed by atoms with Crippen molar-refractivity contribution in [1.29, 1.82) is 0 Å². The number of aliphatic hydroxyl groups excluding tert-OH is 1. The second kappa shape index (κ2) is 6.52. The lowest BCUT2D eigenvalue weighted by Gasteiger charge is -2.23. The molecule has 0 unspecified atom stereocenters. The second-order valence-corrected chi connectivity index (χ2v) is 6.73. The number of Topliss-reactive ketones (excluding diaryl/α,β-unsaturated/α-hetero) is 1.